The summed E-state index contributed by atoms with van der Waals surface area (Å²) in [6, 6.07) is 5.97. The minimum Gasteiger partial charge on any atom is -0.339 e. The molecule has 1 aromatic heterocycles. The van der Waals surface area contributed by atoms with E-state index in [9.17, 15) is 13.6 Å². The number of nitrogens with zero attached hydrogens (tertiary/aromatic N) is 3. The predicted octanol–water partition coefficient (Wildman–Crippen LogP) is 4.17. The van der Waals surface area contributed by atoms with Crippen LogP contribution in [0.15, 0.2) is 34.9 Å². The summed E-state index contributed by atoms with van der Waals surface area (Å²) in [6.07, 6.45) is 0. The molecule has 0 aliphatic carbocycles. The van der Waals surface area contributed by atoms with Crippen LogP contribution >= 0.6 is 11.6 Å². The number of benzene rings is 2. The van der Waals surface area contributed by atoms with E-state index in [1.165, 1.54) is 18.2 Å². The van der Waals surface area contributed by atoms with E-state index in [1.54, 1.807) is 13.0 Å². The van der Waals surface area contributed by atoms with E-state index in [0.717, 1.165) is 13.1 Å². The molecule has 0 aliphatic heterocycles. The Labute approximate surface area is 163 Å². The molecule has 10 heteroatoms. The van der Waals surface area contributed by atoms with Crippen molar-refractivity contribution in [3.63, 3.8) is 0 Å². The topological polar surface area (TPSA) is 91.5 Å². The van der Waals surface area contributed by atoms with Crippen LogP contribution in [0, 0.1) is 18.6 Å². The van der Waals surface area contributed by atoms with Crippen molar-refractivity contribution in [1.82, 2.24) is 20.5 Å². The van der Waals surface area contributed by atoms with Crippen LogP contribution in [-0.2, 0) is 6.54 Å². The van der Waals surface area contributed by atoms with Gasteiger partial charge in [0.2, 0.25) is 11.7 Å². The number of hydrogen-bond acceptors (Lipinski definition) is 5. The Balaban J connectivity index is 2.00. The van der Waals surface area contributed by atoms with Gasteiger partial charge in [-0.25, -0.2) is 18.6 Å². The monoisotopic (exact) mass is 408 g/mol. The Morgan fingerprint density at radius 2 is 2.04 bits per heavy atom. The minimum atomic E-state index is -0.782. The lowest BCUT2D eigenvalue weighted by molar-refractivity contribution is -0.0184. The Kier molecular flexibility index (Phi) is 5.57. The summed E-state index contributed by atoms with van der Waals surface area (Å²) in [5.74, 6) is -1.04. The number of hydrogen-bond donors (Lipinski definition) is 2. The van der Waals surface area contributed by atoms with Gasteiger partial charge in [0.1, 0.15) is 11.6 Å². The van der Waals surface area contributed by atoms with Crippen molar-refractivity contribution in [2.75, 3.05) is 7.05 Å². The third-order valence-corrected chi connectivity index (χ3v) is 4.11. The smallest absolute Gasteiger partial charge is 0.339 e. The third kappa shape index (κ3) is 4.10. The van der Waals surface area contributed by atoms with Gasteiger partial charge in [-0.3, -0.25) is 5.21 Å². The van der Waals surface area contributed by atoms with Crippen LogP contribution in [-0.4, -0.2) is 33.5 Å². The van der Waals surface area contributed by atoms with Gasteiger partial charge < -0.3 is 9.84 Å². The molecule has 0 saturated heterocycles. The summed E-state index contributed by atoms with van der Waals surface area (Å²) in [6.45, 7) is 1.42. The molecule has 3 rings (SSSR count). The van der Waals surface area contributed by atoms with Gasteiger partial charge in [0.15, 0.2) is 0 Å². The van der Waals surface area contributed by atoms with Gasteiger partial charge >= 0.3 is 6.03 Å². The second-order valence-electron chi connectivity index (χ2n) is 5.94. The lowest BCUT2D eigenvalue weighted by Gasteiger charge is -2.13. The fourth-order valence-electron chi connectivity index (χ4n) is 2.57. The molecule has 0 unspecified atom stereocenters. The highest BCUT2D eigenvalue weighted by Crippen LogP contribution is 2.36. The molecular formula is C18H15ClF2N4O3. The highest BCUT2D eigenvalue weighted by atomic mass is 35.5. The SMILES string of the molecule is Cc1nc(-c2c(F)cc(Cl)cc2-c2ccc(CNC(=O)N(C)O)c(F)c2)no1. The maximum atomic E-state index is 14.6. The van der Waals surface area contributed by atoms with Crippen molar-refractivity contribution in [2.45, 2.75) is 13.5 Å². The zero-order chi connectivity index (χ0) is 20.4. The maximum Gasteiger partial charge on any atom is 0.341 e. The van der Waals surface area contributed by atoms with Crippen LogP contribution in [0.3, 0.4) is 0 Å². The quantitative estimate of drug-likeness (QED) is 0.499. The largest absolute Gasteiger partial charge is 0.341 e. The van der Waals surface area contributed by atoms with Crippen molar-refractivity contribution >= 4 is 17.6 Å². The first-order valence-electron chi connectivity index (χ1n) is 8.05. The van der Waals surface area contributed by atoms with Crippen molar-refractivity contribution in [3.8, 4) is 22.5 Å². The molecule has 2 amide bonds. The zero-order valence-electron chi connectivity index (χ0n) is 14.8. The molecule has 2 aromatic carbocycles. The lowest BCUT2D eigenvalue weighted by Crippen LogP contribution is -2.34. The van der Waals surface area contributed by atoms with E-state index in [2.05, 4.69) is 15.5 Å². The predicted molar refractivity (Wildman–Crippen MR) is 96.6 cm³/mol. The first kappa shape index (κ1) is 19.7. The molecule has 146 valence electrons. The van der Waals surface area contributed by atoms with Crippen LogP contribution in [0.5, 0.6) is 0 Å². The standard InChI is InChI=1S/C18H15ClF2N4O3/c1-9-23-17(24-28-9)16-13(6-12(19)7-15(16)21)10-3-4-11(14(20)5-10)8-22-18(26)25(2)27/h3-7,27H,8H2,1-2H3,(H,22,26). The second kappa shape index (κ2) is 7.91. The van der Waals surface area contributed by atoms with E-state index >= 15 is 0 Å². The van der Waals surface area contributed by atoms with Gasteiger partial charge in [0, 0.05) is 31.1 Å². The average molecular weight is 409 g/mol. The maximum absolute atomic E-state index is 14.6. The molecule has 2 N–H and O–H groups in total. The van der Waals surface area contributed by atoms with E-state index < -0.39 is 17.7 Å². The summed E-state index contributed by atoms with van der Waals surface area (Å²) in [7, 11) is 1.14. The normalized spacial score (nSPS) is 10.8. The van der Waals surface area contributed by atoms with E-state index in [0.29, 0.717) is 10.6 Å². The summed E-state index contributed by atoms with van der Waals surface area (Å²) in [5.41, 5.74) is 0.836. The van der Waals surface area contributed by atoms with Gasteiger partial charge in [0.25, 0.3) is 0 Å². The molecule has 1 heterocycles. The molecule has 0 fully saturated rings. The van der Waals surface area contributed by atoms with Gasteiger partial charge in [0.05, 0.1) is 5.56 Å². The molecule has 28 heavy (non-hydrogen) atoms. The number of aryl methyl sites for hydroxylation is 1. The molecule has 0 saturated carbocycles. The van der Waals surface area contributed by atoms with Gasteiger partial charge in [-0.15, -0.1) is 0 Å². The molecule has 0 spiro atoms. The number of carbonyl (C=O) groups is 1. The van der Waals surface area contributed by atoms with E-state index in [-0.39, 0.29) is 40.0 Å². The van der Waals surface area contributed by atoms with Gasteiger partial charge in [-0.1, -0.05) is 28.9 Å². The fourth-order valence-corrected chi connectivity index (χ4v) is 2.78. The lowest BCUT2D eigenvalue weighted by atomic mass is 9.97. The molecule has 0 atom stereocenters. The molecule has 0 radical (unpaired) electrons. The van der Waals surface area contributed by atoms with Crippen molar-refractivity contribution in [3.05, 3.63) is 58.4 Å². The Hall–Kier alpha value is -3.04. The fraction of sp³-hybridized carbons (Fsp3) is 0.167. The highest BCUT2D eigenvalue weighted by molar-refractivity contribution is 6.31. The molecular weight excluding hydrogens is 394 g/mol. The van der Waals surface area contributed by atoms with Crippen LogP contribution in [0.2, 0.25) is 5.02 Å². The number of amides is 2. The van der Waals surface area contributed by atoms with E-state index in [1.807, 2.05) is 0 Å². The molecule has 0 aliphatic rings. The third-order valence-electron chi connectivity index (χ3n) is 3.89. The summed E-state index contributed by atoms with van der Waals surface area (Å²) in [5, 5.41) is 15.6. The van der Waals surface area contributed by atoms with Crippen molar-refractivity contribution < 1.29 is 23.3 Å². The number of aromatic nitrogens is 2. The van der Waals surface area contributed by atoms with Crippen LogP contribution in [0.1, 0.15) is 11.5 Å². The zero-order valence-corrected chi connectivity index (χ0v) is 15.6. The van der Waals surface area contributed by atoms with Gasteiger partial charge in [-0.05, 0) is 29.3 Å². The first-order valence-corrected chi connectivity index (χ1v) is 8.43. The number of carbonyl (C=O) groups excluding carboxylic acids is 1. The van der Waals surface area contributed by atoms with Crippen LogP contribution < -0.4 is 5.32 Å². The Morgan fingerprint density at radius 3 is 2.64 bits per heavy atom. The summed E-state index contributed by atoms with van der Waals surface area (Å²) in [4.78, 5) is 15.4. The number of hydroxylamine groups is 2. The average Bonchev–Trinajstić information content (AvgIpc) is 3.05. The Bertz CT molecular complexity index is 1040. The summed E-state index contributed by atoms with van der Waals surface area (Å²) < 4.78 is 34.0. The van der Waals surface area contributed by atoms with Crippen LogP contribution in [0.4, 0.5) is 13.6 Å². The number of rotatable bonds is 4. The Morgan fingerprint density at radius 1 is 1.29 bits per heavy atom. The first-order chi connectivity index (χ1) is 13.3. The highest BCUT2D eigenvalue weighted by Gasteiger charge is 2.20. The molecule has 3 aromatic rings. The van der Waals surface area contributed by atoms with Crippen molar-refractivity contribution in [2.24, 2.45) is 0 Å². The van der Waals surface area contributed by atoms with Gasteiger partial charge in [-0.2, -0.15) is 4.98 Å². The van der Waals surface area contributed by atoms with E-state index in [4.69, 9.17) is 21.3 Å². The second-order valence-corrected chi connectivity index (χ2v) is 6.37. The number of nitrogens with one attached hydrogen (secondary N) is 1. The molecule has 7 nitrogen and oxygen atoms in total. The number of halogens is 3. The molecule has 0 bridgehead atoms. The van der Waals surface area contributed by atoms with Crippen LogP contribution in [0.25, 0.3) is 22.5 Å². The minimum absolute atomic E-state index is 0.0180. The summed E-state index contributed by atoms with van der Waals surface area (Å²) >= 11 is 5.98. The number of urea groups is 1. The van der Waals surface area contributed by atoms with Crippen molar-refractivity contribution in [1.29, 1.82) is 0 Å².